The number of rotatable bonds is 3. The Hall–Kier alpha value is -0.900. The molecule has 10 heavy (non-hydrogen) atoms. The Balaban J connectivity index is 3.68. The number of ether oxygens (including phenoxy) is 1. The third-order valence-corrected chi connectivity index (χ3v) is 0.858. The molecule has 0 aliphatic heterocycles. The largest absolute Gasteiger partial charge is 0.439 e. The molecule has 0 aromatic carbocycles. The molecule has 4 heteroatoms. The lowest BCUT2D eigenvalue weighted by molar-refractivity contribution is -0.154. The number of nitrogens with two attached hydrogens (primary N) is 1. The van der Waals surface area contributed by atoms with E-state index in [2.05, 4.69) is 4.74 Å². The molecule has 0 spiro atoms. The number of carbonyl (C=O) groups excluding carboxylic acids is 2. The summed E-state index contributed by atoms with van der Waals surface area (Å²) in [6, 6.07) is 0. The summed E-state index contributed by atoms with van der Waals surface area (Å²) in [6.07, 6.45) is -0.741. The Kier molecular flexibility index (Phi) is 3.64. The molecule has 4 nitrogen and oxygen atoms in total. The predicted molar refractivity (Wildman–Crippen MR) is 35.0 cm³/mol. The fraction of sp³-hybridized carbons (Fsp3) is 0.667. The molecule has 0 rings (SSSR count). The summed E-state index contributed by atoms with van der Waals surface area (Å²) in [5.74, 6) is -0.703. The molecule has 0 aromatic heterocycles. The molecule has 0 aliphatic carbocycles. The van der Waals surface area contributed by atoms with E-state index < -0.39 is 12.2 Å². The molecular weight excluding hydrogens is 134 g/mol. The topological polar surface area (TPSA) is 69.4 Å². The van der Waals surface area contributed by atoms with E-state index in [9.17, 15) is 9.59 Å². The average molecular weight is 145 g/mol. The fourth-order valence-corrected chi connectivity index (χ4v) is 0.298. The van der Waals surface area contributed by atoms with E-state index in [-0.39, 0.29) is 5.92 Å². The smallest absolute Gasteiger partial charge is 0.310 e. The Morgan fingerprint density at radius 2 is 2.10 bits per heavy atom. The molecule has 0 aromatic rings. The summed E-state index contributed by atoms with van der Waals surface area (Å²) in [6.45, 7) is 3.33. The van der Waals surface area contributed by atoms with Gasteiger partial charge in [0.1, 0.15) is 0 Å². The van der Waals surface area contributed by atoms with Crippen LogP contribution in [0.3, 0.4) is 0 Å². The van der Waals surface area contributed by atoms with E-state index in [0.29, 0.717) is 6.29 Å². The first-order chi connectivity index (χ1) is 4.57. The second-order valence-corrected chi connectivity index (χ2v) is 2.19. The molecule has 0 fully saturated rings. The summed E-state index contributed by atoms with van der Waals surface area (Å²) in [7, 11) is 0. The van der Waals surface area contributed by atoms with Gasteiger partial charge >= 0.3 is 5.97 Å². The zero-order valence-corrected chi connectivity index (χ0v) is 6.03. The highest BCUT2D eigenvalue weighted by Crippen LogP contribution is 1.95. The van der Waals surface area contributed by atoms with Gasteiger partial charge in [0.25, 0.3) is 0 Å². The lowest BCUT2D eigenvalue weighted by atomic mass is 10.2. The van der Waals surface area contributed by atoms with Gasteiger partial charge in [-0.15, -0.1) is 0 Å². The minimum atomic E-state index is -1.12. The SMILES string of the molecule is CC(C)C(=O)OC(N)C=O. The van der Waals surface area contributed by atoms with Crippen LogP contribution in [0.4, 0.5) is 0 Å². The normalized spacial score (nSPS) is 12.8. The van der Waals surface area contributed by atoms with Gasteiger partial charge < -0.3 is 4.74 Å². The van der Waals surface area contributed by atoms with Gasteiger partial charge in [-0.1, -0.05) is 13.8 Å². The molecule has 0 bridgehead atoms. The van der Waals surface area contributed by atoms with Gasteiger partial charge in [-0.2, -0.15) is 0 Å². The van der Waals surface area contributed by atoms with Crippen LogP contribution in [0.5, 0.6) is 0 Å². The number of esters is 1. The number of hydrogen-bond donors (Lipinski definition) is 1. The van der Waals surface area contributed by atoms with Crippen LogP contribution >= 0.6 is 0 Å². The molecular formula is C6H11NO3. The van der Waals surface area contributed by atoms with Crippen LogP contribution in [0, 0.1) is 5.92 Å². The van der Waals surface area contributed by atoms with Crippen LogP contribution in [0.25, 0.3) is 0 Å². The van der Waals surface area contributed by atoms with Crippen molar-refractivity contribution < 1.29 is 14.3 Å². The van der Waals surface area contributed by atoms with Crippen LogP contribution < -0.4 is 5.73 Å². The zero-order chi connectivity index (χ0) is 8.15. The molecule has 0 heterocycles. The molecule has 0 saturated heterocycles. The second kappa shape index (κ2) is 4.00. The highest BCUT2D eigenvalue weighted by atomic mass is 16.6. The third-order valence-electron chi connectivity index (χ3n) is 0.858. The number of hydrogen-bond acceptors (Lipinski definition) is 4. The third kappa shape index (κ3) is 3.19. The van der Waals surface area contributed by atoms with Gasteiger partial charge in [-0.25, -0.2) is 0 Å². The van der Waals surface area contributed by atoms with Crippen molar-refractivity contribution in [2.45, 2.75) is 20.1 Å². The first kappa shape index (κ1) is 9.10. The maximum Gasteiger partial charge on any atom is 0.310 e. The van der Waals surface area contributed by atoms with Gasteiger partial charge in [0, 0.05) is 0 Å². The van der Waals surface area contributed by atoms with Crippen molar-refractivity contribution in [1.82, 2.24) is 0 Å². The number of aldehydes is 1. The van der Waals surface area contributed by atoms with Crippen molar-refractivity contribution in [2.24, 2.45) is 11.7 Å². The van der Waals surface area contributed by atoms with Crippen molar-refractivity contribution in [3.8, 4) is 0 Å². The van der Waals surface area contributed by atoms with Crippen LogP contribution in [0.1, 0.15) is 13.8 Å². The summed E-state index contributed by atoms with van der Waals surface area (Å²) in [5.41, 5.74) is 5.00. The molecule has 2 N–H and O–H groups in total. The molecule has 0 amide bonds. The van der Waals surface area contributed by atoms with Gasteiger partial charge in [-0.05, 0) is 0 Å². The Labute approximate surface area is 59.3 Å². The monoisotopic (exact) mass is 145 g/mol. The van der Waals surface area contributed by atoms with E-state index in [1.54, 1.807) is 13.8 Å². The van der Waals surface area contributed by atoms with Gasteiger partial charge in [0.05, 0.1) is 5.92 Å². The van der Waals surface area contributed by atoms with Crippen LogP contribution in [-0.2, 0) is 14.3 Å². The van der Waals surface area contributed by atoms with Gasteiger partial charge in [0.15, 0.2) is 6.29 Å². The van der Waals surface area contributed by atoms with Crippen LogP contribution in [-0.4, -0.2) is 18.5 Å². The maximum absolute atomic E-state index is 10.7. The quantitative estimate of drug-likeness (QED) is 0.335. The lowest BCUT2D eigenvalue weighted by Crippen LogP contribution is -2.30. The lowest BCUT2D eigenvalue weighted by Gasteiger charge is -2.07. The maximum atomic E-state index is 10.7. The molecule has 58 valence electrons. The summed E-state index contributed by atoms with van der Waals surface area (Å²) in [5, 5.41) is 0. The molecule has 1 unspecified atom stereocenters. The minimum absolute atomic E-state index is 0.244. The molecule has 0 aliphatic rings. The minimum Gasteiger partial charge on any atom is -0.439 e. The first-order valence-corrected chi connectivity index (χ1v) is 2.99. The summed E-state index contributed by atoms with van der Waals surface area (Å²) in [4.78, 5) is 20.5. The number of carbonyl (C=O) groups is 2. The first-order valence-electron chi connectivity index (χ1n) is 2.99. The van der Waals surface area contributed by atoms with Gasteiger partial charge in [-0.3, -0.25) is 15.3 Å². The Morgan fingerprint density at radius 1 is 1.60 bits per heavy atom. The average Bonchev–Trinajstić information content (AvgIpc) is 1.87. The van der Waals surface area contributed by atoms with E-state index in [1.807, 2.05) is 0 Å². The zero-order valence-electron chi connectivity index (χ0n) is 6.03. The van der Waals surface area contributed by atoms with E-state index >= 15 is 0 Å². The van der Waals surface area contributed by atoms with Gasteiger partial charge in [0.2, 0.25) is 6.23 Å². The molecule has 1 atom stereocenters. The Bertz CT molecular complexity index is 133. The van der Waals surface area contributed by atoms with Crippen molar-refractivity contribution in [1.29, 1.82) is 0 Å². The van der Waals surface area contributed by atoms with Crippen LogP contribution in [0.2, 0.25) is 0 Å². The van der Waals surface area contributed by atoms with E-state index in [1.165, 1.54) is 0 Å². The van der Waals surface area contributed by atoms with Crippen molar-refractivity contribution in [3.63, 3.8) is 0 Å². The molecule has 0 radical (unpaired) electrons. The standard InChI is InChI=1S/C6H11NO3/c1-4(2)6(9)10-5(7)3-8/h3-5H,7H2,1-2H3. The Morgan fingerprint density at radius 3 is 2.40 bits per heavy atom. The molecule has 0 saturated carbocycles. The highest BCUT2D eigenvalue weighted by Gasteiger charge is 2.11. The summed E-state index contributed by atoms with van der Waals surface area (Å²) < 4.78 is 4.43. The van der Waals surface area contributed by atoms with Crippen LogP contribution in [0.15, 0.2) is 0 Å². The van der Waals surface area contributed by atoms with E-state index in [4.69, 9.17) is 5.73 Å². The fourth-order valence-electron chi connectivity index (χ4n) is 0.298. The van der Waals surface area contributed by atoms with E-state index in [0.717, 1.165) is 0 Å². The predicted octanol–water partition coefficient (Wildman–Crippen LogP) is -0.331. The van der Waals surface area contributed by atoms with Crippen molar-refractivity contribution in [2.75, 3.05) is 0 Å². The highest BCUT2D eigenvalue weighted by molar-refractivity contribution is 5.73. The second-order valence-electron chi connectivity index (χ2n) is 2.19. The van der Waals surface area contributed by atoms with Crippen molar-refractivity contribution >= 4 is 12.3 Å². The summed E-state index contributed by atoms with van der Waals surface area (Å²) >= 11 is 0. The van der Waals surface area contributed by atoms with Crippen molar-refractivity contribution in [3.05, 3.63) is 0 Å².